The highest BCUT2D eigenvalue weighted by atomic mass is 16.7. The van der Waals surface area contributed by atoms with Gasteiger partial charge in [0.15, 0.2) is 11.5 Å². The SMILES string of the molecule is Cc1cc(C(=O)NCCN(C)C)nc(NCc2ccc3c(c2)OCO3)n1. The maximum absolute atomic E-state index is 12.3. The minimum Gasteiger partial charge on any atom is -0.454 e. The van der Waals surface area contributed by atoms with Crippen molar-refractivity contribution in [1.82, 2.24) is 20.2 Å². The number of likely N-dealkylation sites (N-methyl/N-ethyl adjacent to an activating group) is 1. The molecule has 0 fully saturated rings. The first-order valence-corrected chi connectivity index (χ1v) is 8.42. The number of carbonyl (C=O) groups is 1. The van der Waals surface area contributed by atoms with Gasteiger partial charge in [-0.15, -0.1) is 0 Å². The summed E-state index contributed by atoms with van der Waals surface area (Å²) in [4.78, 5) is 22.9. The van der Waals surface area contributed by atoms with Crippen molar-refractivity contribution in [2.75, 3.05) is 39.3 Å². The van der Waals surface area contributed by atoms with Gasteiger partial charge in [0, 0.05) is 25.3 Å². The lowest BCUT2D eigenvalue weighted by Gasteiger charge is -2.11. The lowest BCUT2D eigenvalue weighted by Crippen LogP contribution is -2.32. The van der Waals surface area contributed by atoms with Gasteiger partial charge in [0.05, 0.1) is 0 Å². The van der Waals surface area contributed by atoms with Crippen molar-refractivity contribution < 1.29 is 14.3 Å². The predicted molar refractivity (Wildman–Crippen MR) is 97.5 cm³/mol. The van der Waals surface area contributed by atoms with Gasteiger partial charge in [-0.2, -0.15) is 0 Å². The topological polar surface area (TPSA) is 88.6 Å². The molecule has 0 saturated heterocycles. The molecule has 138 valence electrons. The maximum Gasteiger partial charge on any atom is 0.270 e. The zero-order chi connectivity index (χ0) is 18.5. The molecule has 0 aliphatic carbocycles. The summed E-state index contributed by atoms with van der Waals surface area (Å²) in [5, 5.41) is 6.01. The van der Waals surface area contributed by atoms with Gasteiger partial charge in [-0.25, -0.2) is 9.97 Å². The zero-order valence-electron chi connectivity index (χ0n) is 15.2. The second kappa shape index (κ2) is 8.01. The van der Waals surface area contributed by atoms with E-state index in [0.29, 0.717) is 24.7 Å². The molecule has 0 bridgehead atoms. The fourth-order valence-electron chi connectivity index (χ4n) is 2.48. The van der Waals surface area contributed by atoms with Gasteiger partial charge in [0.1, 0.15) is 5.69 Å². The van der Waals surface area contributed by atoms with Gasteiger partial charge in [0.2, 0.25) is 12.7 Å². The quantitative estimate of drug-likeness (QED) is 0.775. The van der Waals surface area contributed by atoms with E-state index in [-0.39, 0.29) is 12.7 Å². The Hall–Kier alpha value is -2.87. The van der Waals surface area contributed by atoms with Crippen LogP contribution in [0.3, 0.4) is 0 Å². The highest BCUT2D eigenvalue weighted by Crippen LogP contribution is 2.32. The molecule has 0 unspecified atom stereocenters. The van der Waals surface area contributed by atoms with E-state index < -0.39 is 0 Å². The average Bonchev–Trinajstić information content (AvgIpc) is 3.07. The Labute approximate surface area is 152 Å². The van der Waals surface area contributed by atoms with E-state index in [1.54, 1.807) is 6.07 Å². The van der Waals surface area contributed by atoms with Crippen LogP contribution in [0.15, 0.2) is 24.3 Å². The number of hydrogen-bond acceptors (Lipinski definition) is 7. The van der Waals surface area contributed by atoms with Crippen LogP contribution in [-0.2, 0) is 6.54 Å². The molecule has 26 heavy (non-hydrogen) atoms. The number of anilines is 1. The lowest BCUT2D eigenvalue weighted by atomic mass is 10.2. The van der Waals surface area contributed by atoms with Crippen LogP contribution < -0.4 is 20.1 Å². The number of nitrogens with one attached hydrogen (secondary N) is 2. The van der Waals surface area contributed by atoms with Crippen molar-refractivity contribution in [3.8, 4) is 11.5 Å². The van der Waals surface area contributed by atoms with Gasteiger partial charge in [-0.05, 0) is 44.8 Å². The molecule has 0 radical (unpaired) electrons. The molecular weight excluding hydrogens is 334 g/mol. The van der Waals surface area contributed by atoms with E-state index in [9.17, 15) is 4.79 Å². The summed E-state index contributed by atoms with van der Waals surface area (Å²) in [6.45, 7) is 3.94. The van der Waals surface area contributed by atoms with E-state index in [4.69, 9.17) is 9.47 Å². The fourth-order valence-corrected chi connectivity index (χ4v) is 2.48. The van der Waals surface area contributed by atoms with E-state index >= 15 is 0 Å². The molecule has 3 rings (SSSR count). The van der Waals surface area contributed by atoms with Crippen LogP contribution in [0.2, 0.25) is 0 Å². The van der Waals surface area contributed by atoms with Crippen LogP contribution >= 0.6 is 0 Å². The zero-order valence-corrected chi connectivity index (χ0v) is 15.2. The third-order valence-electron chi connectivity index (χ3n) is 3.82. The molecule has 1 aliphatic rings. The first-order valence-electron chi connectivity index (χ1n) is 8.42. The molecule has 0 atom stereocenters. The Morgan fingerprint density at radius 2 is 2.00 bits per heavy atom. The maximum atomic E-state index is 12.3. The third kappa shape index (κ3) is 4.60. The van der Waals surface area contributed by atoms with Crippen LogP contribution in [0.25, 0.3) is 0 Å². The molecule has 2 N–H and O–H groups in total. The number of ether oxygens (including phenoxy) is 2. The van der Waals surface area contributed by atoms with Gasteiger partial charge in [-0.3, -0.25) is 4.79 Å². The minimum atomic E-state index is -0.205. The molecule has 1 aromatic carbocycles. The molecule has 0 saturated carbocycles. The second-order valence-electron chi connectivity index (χ2n) is 6.32. The molecule has 8 nitrogen and oxygen atoms in total. The average molecular weight is 357 g/mol. The Bertz CT molecular complexity index is 794. The Balaban J connectivity index is 1.63. The van der Waals surface area contributed by atoms with Crippen molar-refractivity contribution in [2.45, 2.75) is 13.5 Å². The number of fused-ring (bicyclic) bond motifs is 1. The van der Waals surface area contributed by atoms with Crippen LogP contribution in [0.4, 0.5) is 5.95 Å². The Kier molecular flexibility index (Phi) is 5.52. The summed E-state index contributed by atoms with van der Waals surface area (Å²) in [6.07, 6.45) is 0. The molecule has 1 aliphatic heterocycles. The van der Waals surface area contributed by atoms with Crippen LogP contribution in [-0.4, -0.2) is 54.8 Å². The van der Waals surface area contributed by atoms with Crippen molar-refractivity contribution in [1.29, 1.82) is 0 Å². The third-order valence-corrected chi connectivity index (χ3v) is 3.82. The molecule has 0 spiro atoms. The number of carbonyl (C=O) groups excluding carboxylic acids is 1. The molecular formula is C18H23N5O3. The summed E-state index contributed by atoms with van der Waals surface area (Å²) >= 11 is 0. The molecule has 8 heteroatoms. The van der Waals surface area contributed by atoms with E-state index in [1.165, 1.54) is 0 Å². The normalized spacial score (nSPS) is 12.3. The van der Waals surface area contributed by atoms with Crippen molar-refractivity contribution >= 4 is 11.9 Å². The number of aromatic nitrogens is 2. The summed E-state index contributed by atoms with van der Waals surface area (Å²) in [5.41, 5.74) is 2.09. The van der Waals surface area contributed by atoms with Crippen LogP contribution in [0.1, 0.15) is 21.7 Å². The van der Waals surface area contributed by atoms with Gasteiger partial charge < -0.3 is 25.0 Å². The number of hydrogen-bond donors (Lipinski definition) is 2. The van der Waals surface area contributed by atoms with Crippen LogP contribution in [0, 0.1) is 6.92 Å². The van der Waals surface area contributed by atoms with Crippen molar-refractivity contribution in [3.63, 3.8) is 0 Å². The highest BCUT2D eigenvalue weighted by molar-refractivity contribution is 5.92. The summed E-state index contributed by atoms with van der Waals surface area (Å²) in [6, 6.07) is 7.42. The standard InChI is InChI=1S/C18H23N5O3/c1-12-8-14(17(24)19-6-7-23(2)3)22-18(21-12)20-10-13-4-5-15-16(9-13)26-11-25-15/h4-5,8-9H,6-7,10-11H2,1-3H3,(H,19,24)(H,20,21,22). The Morgan fingerprint density at radius 3 is 2.81 bits per heavy atom. The number of nitrogens with zero attached hydrogens (tertiary/aromatic N) is 3. The number of aryl methyl sites for hydroxylation is 1. The molecule has 2 aromatic rings. The largest absolute Gasteiger partial charge is 0.454 e. The molecule has 1 amide bonds. The lowest BCUT2D eigenvalue weighted by molar-refractivity contribution is 0.0946. The smallest absolute Gasteiger partial charge is 0.270 e. The second-order valence-corrected chi connectivity index (χ2v) is 6.32. The van der Waals surface area contributed by atoms with Crippen molar-refractivity contribution in [2.24, 2.45) is 0 Å². The van der Waals surface area contributed by atoms with Crippen molar-refractivity contribution in [3.05, 3.63) is 41.2 Å². The fraction of sp³-hybridized carbons (Fsp3) is 0.389. The molecule has 1 aromatic heterocycles. The monoisotopic (exact) mass is 357 g/mol. The number of amides is 1. The first-order chi connectivity index (χ1) is 12.5. The Morgan fingerprint density at radius 1 is 1.19 bits per heavy atom. The van der Waals surface area contributed by atoms with Crippen LogP contribution in [0.5, 0.6) is 11.5 Å². The first kappa shape index (κ1) is 17.9. The summed E-state index contributed by atoms with van der Waals surface area (Å²) in [7, 11) is 3.91. The minimum absolute atomic E-state index is 0.205. The highest BCUT2D eigenvalue weighted by Gasteiger charge is 2.14. The molecule has 2 heterocycles. The van der Waals surface area contributed by atoms with Gasteiger partial charge in [-0.1, -0.05) is 6.07 Å². The predicted octanol–water partition coefficient (Wildman–Crippen LogP) is 1.42. The van der Waals surface area contributed by atoms with E-state index in [1.807, 2.05) is 44.1 Å². The summed E-state index contributed by atoms with van der Waals surface area (Å²) in [5.74, 6) is 1.69. The summed E-state index contributed by atoms with van der Waals surface area (Å²) < 4.78 is 10.7. The van der Waals surface area contributed by atoms with Gasteiger partial charge >= 0.3 is 0 Å². The van der Waals surface area contributed by atoms with E-state index in [2.05, 4.69) is 20.6 Å². The number of rotatable bonds is 7. The van der Waals surface area contributed by atoms with Gasteiger partial charge in [0.25, 0.3) is 5.91 Å². The number of benzene rings is 1. The van der Waals surface area contributed by atoms with E-state index in [0.717, 1.165) is 29.3 Å².